The van der Waals surface area contributed by atoms with Gasteiger partial charge in [-0.2, -0.15) is 0 Å². The monoisotopic (exact) mass is 383 g/mol. The van der Waals surface area contributed by atoms with Crippen molar-refractivity contribution in [2.24, 2.45) is 23.2 Å². The molecule has 150 valence electrons. The molecule has 6 heteroatoms. The number of benzene rings is 1. The van der Waals surface area contributed by atoms with E-state index >= 15 is 0 Å². The highest BCUT2D eigenvalue weighted by atomic mass is 16.2. The number of carbonyl (C=O) groups is 3. The lowest BCUT2D eigenvalue weighted by Gasteiger charge is -2.55. The Bertz CT molecular complexity index is 754. The standard InChI is InChI=1S/C22H29N3O3/c1-14(26)25-19-4-2-3-18(10-19)20(27)23-5-6-24-21(28)22-11-15-7-16(12-22)9-17(8-15)13-22/h2-4,10,15-17H,5-9,11-13H2,1H3,(H,23,27)(H,24,28)(H,25,26). The Balaban J connectivity index is 1.25. The van der Waals surface area contributed by atoms with Crippen LogP contribution in [-0.4, -0.2) is 30.8 Å². The van der Waals surface area contributed by atoms with Crippen LogP contribution in [0.1, 0.15) is 55.8 Å². The van der Waals surface area contributed by atoms with E-state index in [-0.39, 0.29) is 23.1 Å². The van der Waals surface area contributed by atoms with E-state index in [1.165, 1.54) is 26.2 Å². The highest BCUT2D eigenvalue weighted by Gasteiger charge is 2.54. The Morgan fingerprint density at radius 2 is 1.57 bits per heavy atom. The number of anilines is 1. The van der Waals surface area contributed by atoms with Crippen molar-refractivity contribution in [3.05, 3.63) is 29.8 Å². The van der Waals surface area contributed by atoms with Gasteiger partial charge in [0, 0.05) is 36.7 Å². The maximum Gasteiger partial charge on any atom is 0.251 e. The van der Waals surface area contributed by atoms with E-state index in [4.69, 9.17) is 0 Å². The van der Waals surface area contributed by atoms with Gasteiger partial charge in [-0.15, -0.1) is 0 Å². The number of amides is 3. The lowest BCUT2D eigenvalue weighted by molar-refractivity contribution is -0.146. The van der Waals surface area contributed by atoms with E-state index in [1.807, 2.05) is 0 Å². The first-order chi connectivity index (χ1) is 13.4. The molecular weight excluding hydrogens is 354 g/mol. The molecule has 4 bridgehead atoms. The first-order valence-electron chi connectivity index (χ1n) is 10.4. The molecule has 4 saturated carbocycles. The van der Waals surface area contributed by atoms with Crippen molar-refractivity contribution in [2.45, 2.75) is 45.4 Å². The van der Waals surface area contributed by atoms with Gasteiger partial charge in [0.05, 0.1) is 0 Å². The normalized spacial score (nSPS) is 30.0. The molecule has 4 aliphatic carbocycles. The van der Waals surface area contributed by atoms with Crippen molar-refractivity contribution in [2.75, 3.05) is 18.4 Å². The number of rotatable bonds is 6. The molecule has 28 heavy (non-hydrogen) atoms. The summed E-state index contributed by atoms with van der Waals surface area (Å²) in [4.78, 5) is 36.4. The van der Waals surface area contributed by atoms with Crippen LogP contribution in [0.15, 0.2) is 24.3 Å². The minimum Gasteiger partial charge on any atom is -0.354 e. The van der Waals surface area contributed by atoms with E-state index in [0.717, 1.165) is 37.0 Å². The van der Waals surface area contributed by atoms with Crippen LogP contribution in [0.2, 0.25) is 0 Å². The molecule has 4 fully saturated rings. The average Bonchev–Trinajstić information content (AvgIpc) is 2.63. The zero-order valence-corrected chi connectivity index (χ0v) is 16.4. The predicted molar refractivity (Wildman–Crippen MR) is 107 cm³/mol. The minimum absolute atomic E-state index is 0.147. The summed E-state index contributed by atoms with van der Waals surface area (Å²) in [5, 5.41) is 8.58. The Hall–Kier alpha value is -2.37. The van der Waals surface area contributed by atoms with E-state index < -0.39 is 0 Å². The quantitative estimate of drug-likeness (QED) is 0.660. The van der Waals surface area contributed by atoms with Crippen molar-refractivity contribution >= 4 is 23.4 Å². The van der Waals surface area contributed by atoms with Gasteiger partial charge in [-0.05, 0) is 74.5 Å². The summed E-state index contributed by atoms with van der Waals surface area (Å²) in [6, 6.07) is 6.82. The van der Waals surface area contributed by atoms with E-state index in [9.17, 15) is 14.4 Å². The lowest BCUT2D eigenvalue weighted by atomic mass is 9.49. The lowest BCUT2D eigenvalue weighted by Crippen LogP contribution is -2.54. The van der Waals surface area contributed by atoms with Crippen LogP contribution >= 0.6 is 0 Å². The van der Waals surface area contributed by atoms with Crippen molar-refractivity contribution in [3.8, 4) is 0 Å². The maximum atomic E-state index is 12.9. The van der Waals surface area contributed by atoms with Gasteiger partial charge in [0.25, 0.3) is 5.91 Å². The molecule has 0 unspecified atom stereocenters. The molecule has 3 amide bonds. The van der Waals surface area contributed by atoms with Crippen molar-refractivity contribution in [1.29, 1.82) is 0 Å². The van der Waals surface area contributed by atoms with Gasteiger partial charge in [-0.25, -0.2) is 0 Å². The molecule has 0 radical (unpaired) electrons. The molecule has 6 nitrogen and oxygen atoms in total. The SMILES string of the molecule is CC(=O)Nc1cccc(C(=O)NCCNC(=O)C23CC4CC(CC(C4)C2)C3)c1. The number of hydrogen-bond acceptors (Lipinski definition) is 3. The molecule has 4 aliphatic rings. The van der Waals surface area contributed by atoms with Gasteiger partial charge < -0.3 is 16.0 Å². The van der Waals surface area contributed by atoms with Crippen molar-refractivity contribution in [1.82, 2.24) is 10.6 Å². The largest absolute Gasteiger partial charge is 0.354 e. The van der Waals surface area contributed by atoms with Crippen LogP contribution in [0, 0.1) is 23.2 Å². The summed E-state index contributed by atoms with van der Waals surface area (Å²) in [5.74, 6) is 2.03. The van der Waals surface area contributed by atoms with Gasteiger partial charge in [0.2, 0.25) is 11.8 Å². The zero-order valence-electron chi connectivity index (χ0n) is 16.4. The summed E-state index contributed by atoms with van der Waals surface area (Å²) in [5.41, 5.74) is 0.930. The Kier molecular flexibility index (Phi) is 5.13. The average molecular weight is 383 g/mol. The van der Waals surface area contributed by atoms with Crippen molar-refractivity contribution in [3.63, 3.8) is 0 Å². The summed E-state index contributed by atoms with van der Waals surface area (Å²) >= 11 is 0. The summed E-state index contributed by atoms with van der Waals surface area (Å²) in [6.45, 7) is 2.26. The summed E-state index contributed by atoms with van der Waals surface area (Å²) in [7, 11) is 0. The van der Waals surface area contributed by atoms with Crippen LogP contribution in [0.5, 0.6) is 0 Å². The molecule has 1 aromatic carbocycles. The Labute approximate surface area is 165 Å². The van der Waals surface area contributed by atoms with Crippen LogP contribution in [-0.2, 0) is 9.59 Å². The highest BCUT2D eigenvalue weighted by Crippen LogP contribution is 2.60. The smallest absolute Gasteiger partial charge is 0.251 e. The molecule has 0 aliphatic heterocycles. The molecule has 0 saturated heterocycles. The first kappa shape index (κ1) is 19.0. The molecule has 0 heterocycles. The molecule has 0 atom stereocenters. The van der Waals surface area contributed by atoms with Crippen molar-refractivity contribution < 1.29 is 14.4 Å². The third kappa shape index (κ3) is 3.91. The van der Waals surface area contributed by atoms with E-state index in [1.54, 1.807) is 24.3 Å². The van der Waals surface area contributed by atoms with E-state index in [2.05, 4.69) is 16.0 Å². The third-order valence-corrected chi connectivity index (χ3v) is 6.66. The van der Waals surface area contributed by atoms with Crippen LogP contribution in [0.25, 0.3) is 0 Å². The minimum atomic E-state index is -0.212. The fourth-order valence-corrected chi connectivity index (χ4v) is 5.97. The molecule has 0 spiro atoms. The zero-order chi connectivity index (χ0) is 19.7. The predicted octanol–water partition coefficient (Wildman–Crippen LogP) is 2.71. The molecule has 3 N–H and O–H groups in total. The fourth-order valence-electron chi connectivity index (χ4n) is 5.97. The van der Waals surface area contributed by atoms with Gasteiger partial charge in [-0.1, -0.05) is 6.07 Å². The Morgan fingerprint density at radius 1 is 0.964 bits per heavy atom. The van der Waals surface area contributed by atoms with Gasteiger partial charge in [0.1, 0.15) is 0 Å². The van der Waals surface area contributed by atoms with Gasteiger partial charge >= 0.3 is 0 Å². The number of hydrogen-bond donors (Lipinski definition) is 3. The molecular formula is C22H29N3O3. The topological polar surface area (TPSA) is 87.3 Å². The van der Waals surface area contributed by atoms with Crippen LogP contribution < -0.4 is 16.0 Å². The summed E-state index contributed by atoms with van der Waals surface area (Å²) in [6.07, 6.45) is 7.10. The highest BCUT2D eigenvalue weighted by molar-refractivity contribution is 5.96. The van der Waals surface area contributed by atoms with Crippen LogP contribution in [0.3, 0.4) is 0 Å². The van der Waals surface area contributed by atoms with Crippen LogP contribution in [0.4, 0.5) is 5.69 Å². The maximum absolute atomic E-state index is 12.9. The fraction of sp³-hybridized carbons (Fsp3) is 0.591. The number of carbonyl (C=O) groups excluding carboxylic acids is 3. The second kappa shape index (κ2) is 7.57. The van der Waals surface area contributed by atoms with E-state index in [0.29, 0.717) is 24.3 Å². The third-order valence-electron chi connectivity index (χ3n) is 6.66. The molecule has 0 aromatic heterocycles. The molecule has 5 rings (SSSR count). The summed E-state index contributed by atoms with van der Waals surface area (Å²) < 4.78 is 0. The molecule has 1 aromatic rings. The second-order valence-electron chi connectivity index (χ2n) is 8.97. The Morgan fingerprint density at radius 3 is 2.18 bits per heavy atom. The van der Waals surface area contributed by atoms with Gasteiger partial charge in [0.15, 0.2) is 0 Å². The second-order valence-corrected chi connectivity index (χ2v) is 8.97. The number of nitrogens with one attached hydrogen (secondary N) is 3. The van der Waals surface area contributed by atoms with Gasteiger partial charge in [-0.3, -0.25) is 14.4 Å². The first-order valence-corrected chi connectivity index (χ1v) is 10.4.